The van der Waals surface area contributed by atoms with Gasteiger partial charge in [-0.2, -0.15) is 0 Å². The first-order valence-corrected chi connectivity index (χ1v) is 6.53. The Morgan fingerprint density at radius 2 is 1.85 bits per heavy atom. The summed E-state index contributed by atoms with van der Waals surface area (Å²) in [5.74, 6) is 1.22. The second-order valence-corrected chi connectivity index (χ2v) is 4.59. The van der Waals surface area contributed by atoms with Gasteiger partial charge in [0.1, 0.15) is 5.76 Å². The van der Waals surface area contributed by atoms with Crippen LogP contribution in [0.3, 0.4) is 0 Å². The van der Waals surface area contributed by atoms with Crippen LogP contribution in [0, 0.1) is 0 Å². The average Bonchev–Trinajstić information content (AvgIpc) is 2.88. The number of nitrogens with zero attached hydrogens (tertiary/aromatic N) is 2. The predicted octanol–water partition coefficient (Wildman–Crippen LogP) is 3.10. The number of aryl methyl sites for hydroxylation is 2. The van der Waals surface area contributed by atoms with Gasteiger partial charge in [-0.1, -0.05) is 41.6 Å². The van der Waals surface area contributed by atoms with Crippen LogP contribution < -0.4 is 5.73 Å². The van der Waals surface area contributed by atoms with Gasteiger partial charge < -0.3 is 10.3 Å². The zero-order valence-electron chi connectivity index (χ0n) is 11.0. The van der Waals surface area contributed by atoms with Crippen LogP contribution in [-0.2, 0) is 12.8 Å². The SMILES string of the molecule is Nc1noc(CCc2ccccc2)c1-c1cccnc1. The Morgan fingerprint density at radius 1 is 1.00 bits per heavy atom. The average molecular weight is 265 g/mol. The molecule has 0 aliphatic carbocycles. The minimum atomic E-state index is 0.418. The molecule has 100 valence electrons. The summed E-state index contributed by atoms with van der Waals surface area (Å²) in [6.45, 7) is 0. The minimum Gasteiger partial charge on any atom is -0.380 e. The van der Waals surface area contributed by atoms with Gasteiger partial charge >= 0.3 is 0 Å². The number of aromatic nitrogens is 2. The van der Waals surface area contributed by atoms with Gasteiger partial charge in [0.05, 0.1) is 5.56 Å². The molecule has 0 atom stereocenters. The van der Waals surface area contributed by atoms with Gasteiger partial charge in [0.15, 0.2) is 5.82 Å². The van der Waals surface area contributed by atoms with Crippen LogP contribution in [0.15, 0.2) is 59.4 Å². The van der Waals surface area contributed by atoms with E-state index in [0.29, 0.717) is 5.82 Å². The highest BCUT2D eigenvalue weighted by molar-refractivity contribution is 5.74. The summed E-state index contributed by atoms with van der Waals surface area (Å²) >= 11 is 0. The molecule has 4 nitrogen and oxygen atoms in total. The molecule has 2 aromatic heterocycles. The van der Waals surface area contributed by atoms with E-state index < -0.39 is 0 Å². The van der Waals surface area contributed by atoms with E-state index in [-0.39, 0.29) is 0 Å². The molecule has 0 fully saturated rings. The van der Waals surface area contributed by atoms with Gasteiger partial charge in [0.25, 0.3) is 0 Å². The molecule has 0 bridgehead atoms. The van der Waals surface area contributed by atoms with Crippen LogP contribution in [0.1, 0.15) is 11.3 Å². The van der Waals surface area contributed by atoms with Gasteiger partial charge in [0.2, 0.25) is 0 Å². The molecular formula is C16H15N3O. The van der Waals surface area contributed by atoms with E-state index in [2.05, 4.69) is 22.3 Å². The van der Waals surface area contributed by atoms with E-state index in [9.17, 15) is 0 Å². The van der Waals surface area contributed by atoms with Crippen molar-refractivity contribution in [2.75, 3.05) is 5.73 Å². The molecular weight excluding hydrogens is 250 g/mol. The lowest BCUT2D eigenvalue weighted by molar-refractivity contribution is 0.386. The zero-order chi connectivity index (χ0) is 13.8. The Labute approximate surface area is 117 Å². The number of nitrogen functional groups attached to an aromatic ring is 1. The van der Waals surface area contributed by atoms with Crippen molar-refractivity contribution in [1.82, 2.24) is 10.1 Å². The Hall–Kier alpha value is -2.62. The number of hydrogen-bond acceptors (Lipinski definition) is 4. The summed E-state index contributed by atoms with van der Waals surface area (Å²) in [6, 6.07) is 14.1. The molecule has 0 amide bonds. The molecule has 0 aliphatic rings. The summed E-state index contributed by atoms with van der Waals surface area (Å²) in [6.07, 6.45) is 5.16. The van der Waals surface area contributed by atoms with Crippen molar-refractivity contribution >= 4 is 5.82 Å². The first-order valence-electron chi connectivity index (χ1n) is 6.53. The highest BCUT2D eigenvalue weighted by atomic mass is 16.5. The first-order chi connectivity index (χ1) is 9.84. The molecule has 0 aliphatic heterocycles. The fraction of sp³-hybridized carbons (Fsp3) is 0.125. The van der Waals surface area contributed by atoms with E-state index in [1.54, 1.807) is 12.4 Å². The molecule has 2 N–H and O–H groups in total. The standard InChI is InChI=1S/C16H15N3O/c17-16-15(13-7-4-10-18-11-13)14(20-19-16)9-8-12-5-2-1-3-6-12/h1-7,10-11H,8-9H2,(H2,17,19). The monoisotopic (exact) mass is 265 g/mol. The van der Waals surface area contributed by atoms with Crippen molar-refractivity contribution in [3.63, 3.8) is 0 Å². The smallest absolute Gasteiger partial charge is 0.175 e. The van der Waals surface area contributed by atoms with E-state index >= 15 is 0 Å². The van der Waals surface area contributed by atoms with Crippen molar-refractivity contribution in [2.45, 2.75) is 12.8 Å². The predicted molar refractivity (Wildman–Crippen MR) is 78.0 cm³/mol. The maximum atomic E-state index is 5.91. The highest BCUT2D eigenvalue weighted by Gasteiger charge is 2.15. The molecule has 0 spiro atoms. The molecule has 0 saturated heterocycles. The second kappa shape index (κ2) is 5.57. The third-order valence-electron chi connectivity index (χ3n) is 3.22. The normalized spacial score (nSPS) is 10.6. The van der Waals surface area contributed by atoms with Crippen LogP contribution >= 0.6 is 0 Å². The fourth-order valence-corrected chi connectivity index (χ4v) is 2.23. The van der Waals surface area contributed by atoms with Crippen LogP contribution in [0.2, 0.25) is 0 Å². The van der Waals surface area contributed by atoms with Crippen molar-refractivity contribution in [2.24, 2.45) is 0 Å². The number of hydrogen-bond donors (Lipinski definition) is 1. The van der Waals surface area contributed by atoms with E-state index in [0.717, 1.165) is 29.7 Å². The summed E-state index contributed by atoms with van der Waals surface area (Å²) < 4.78 is 5.37. The van der Waals surface area contributed by atoms with Crippen molar-refractivity contribution in [1.29, 1.82) is 0 Å². The van der Waals surface area contributed by atoms with Gasteiger partial charge in [-0.15, -0.1) is 0 Å². The molecule has 1 aromatic carbocycles. The van der Waals surface area contributed by atoms with Gasteiger partial charge in [0, 0.05) is 24.4 Å². The molecule has 3 aromatic rings. The number of anilines is 1. The van der Waals surface area contributed by atoms with Crippen LogP contribution in [-0.4, -0.2) is 10.1 Å². The Bertz CT molecular complexity index is 677. The quantitative estimate of drug-likeness (QED) is 0.787. The third-order valence-corrected chi connectivity index (χ3v) is 3.22. The fourth-order valence-electron chi connectivity index (χ4n) is 2.23. The summed E-state index contributed by atoms with van der Waals surface area (Å²) in [5.41, 5.74) is 8.97. The highest BCUT2D eigenvalue weighted by Crippen LogP contribution is 2.29. The van der Waals surface area contributed by atoms with Crippen LogP contribution in [0.4, 0.5) is 5.82 Å². The minimum absolute atomic E-state index is 0.418. The number of pyridine rings is 1. The zero-order valence-corrected chi connectivity index (χ0v) is 11.0. The Balaban J connectivity index is 1.85. The van der Waals surface area contributed by atoms with Crippen LogP contribution in [0.25, 0.3) is 11.1 Å². The number of nitrogens with two attached hydrogens (primary N) is 1. The maximum absolute atomic E-state index is 5.91. The Kier molecular flexibility index (Phi) is 3.46. The van der Waals surface area contributed by atoms with Gasteiger partial charge in [-0.05, 0) is 18.1 Å². The lowest BCUT2D eigenvalue weighted by atomic mass is 10.0. The molecule has 0 saturated carbocycles. The molecule has 0 unspecified atom stereocenters. The lowest BCUT2D eigenvalue weighted by Gasteiger charge is -2.02. The second-order valence-electron chi connectivity index (χ2n) is 4.59. The third kappa shape index (κ3) is 2.54. The van der Waals surface area contributed by atoms with Crippen molar-refractivity contribution < 1.29 is 4.52 Å². The molecule has 3 rings (SSSR count). The summed E-state index contributed by atoms with van der Waals surface area (Å²) in [5, 5.41) is 3.88. The first kappa shape index (κ1) is 12.4. The maximum Gasteiger partial charge on any atom is 0.175 e. The van der Waals surface area contributed by atoms with Crippen LogP contribution in [0.5, 0.6) is 0 Å². The lowest BCUT2D eigenvalue weighted by Crippen LogP contribution is -1.94. The van der Waals surface area contributed by atoms with E-state index in [1.165, 1.54) is 5.56 Å². The summed E-state index contributed by atoms with van der Waals surface area (Å²) in [4.78, 5) is 4.12. The largest absolute Gasteiger partial charge is 0.380 e. The number of benzene rings is 1. The Morgan fingerprint density at radius 3 is 2.60 bits per heavy atom. The number of rotatable bonds is 4. The topological polar surface area (TPSA) is 64.9 Å². The van der Waals surface area contributed by atoms with Crippen molar-refractivity contribution in [3.05, 3.63) is 66.2 Å². The molecule has 20 heavy (non-hydrogen) atoms. The molecule has 4 heteroatoms. The molecule has 0 radical (unpaired) electrons. The van der Waals surface area contributed by atoms with Gasteiger partial charge in [-0.25, -0.2) is 0 Å². The van der Waals surface area contributed by atoms with E-state index in [1.807, 2.05) is 30.3 Å². The molecule has 2 heterocycles. The van der Waals surface area contributed by atoms with Crippen molar-refractivity contribution in [3.8, 4) is 11.1 Å². The van der Waals surface area contributed by atoms with E-state index in [4.69, 9.17) is 10.3 Å². The van der Waals surface area contributed by atoms with Gasteiger partial charge in [-0.3, -0.25) is 4.98 Å². The summed E-state index contributed by atoms with van der Waals surface area (Å²) in [7, 11) is 0.